The summed E-state index contributed by atoms with van der Waals surface area (Å²) in [5, 5.41) is 12.5. The van der Waals surface area contributed by atoms with Gasteiger partial charge in [-0.15, -0.1) is 11.3 Å². The Kier molecular flexibility index (Phi) is 4.76. The van der Waals surface area contributed by atoms with Crippen LogP contribution in [0.3, 0.4) is 0 Å². The van der Waals surface area contributed by atoms with Crippen molar-refractivity contribution in [3.8, 4) is 11.8 Å². The molecule has 0 saturated heterocycles. The van der Waals surface area contributed by atoms with Crippen LogP contribution in [0.5, 0.6) is 5.75 Å². The summed E-state index contributed by atoms with van der Waals surface area (Å²) in [7, 11) is 0. The lowest BCUT2D eigenvalue weighted by atomic mass is 9.96. The minimum Gasteiger partial charge on any atom is -0.481 e. The second-order valence-corrected chi connectivity index (χ2v) is 6.54. The lowest BCUT2D eigenvalue weighted by molar-refractivity contribution is -0.118. The summed E-state index contributed by atoms with van der Waals surface area (Å²) < 4.78 is 31.4. The van der Waals surface area contributed by atoms with E-state index in [2.05, 4.69) is 11.4 Å². The summed E-state index contributed by atoms with van der Waals surface area (Å²) in [6, 6.07) is 5.02. The van der Waals surface area contributed by atoms with Crippen LogP contribution in [0, 0.1) is 23.0 Å². The van der Waals surface area contributed by atoms with E-state index < -0.39 is 24.1 Å². The number of nitrogens with zero attached hydrogens (tertiary/aromatic N) is 1. The number of ether oxygens (including phenoxy) is 1. The van der Waals surface area contributed by atoms with Crippen LogP contribution in [0.25, 0.3) is 0 Å². The maximum atomic E-state index is 13.5. The van der Waals surface area contributed by atoms with E-state index in [4.69, 9.17) is 4.74 Å². The van der Waals surface area contributed by atoms with Gasteiger partial charge in [0.05, 0.1) is 5.56 Å². The normalized spacial score (nSPS) is 13.0. The van der Waals surface area contributed by atoms with Crippen molar-refractivity contribution >= 4 is 22.2 Å². The SMILES string of the molecule is N#Cc1c(NC(=O)COc2ccc(F)cc2F)sc2c1CCCC2. The lowest BCUT2D eigenvalue weighted by Gasteiger charge is -2.09. The van der Waals surface area contributed by atoms with Gasteiger partial charge in [-0.1, -0.05) is 0 Å². The molecule has 1 amide bonds. The molecule has 1 aromatic carbocycles. The van der Waals surface area contributed by atoms with Crippen molar-refractivity contribution < 1.29 is 18.3 Å². The number of hydrogen-bond donors (Lipinski definition) is 1. The molecule has 1 aromatic heterocycles. The minimum atomic E-state index is -0.868. The molecule has 2 aromatic rings. The summed E-state index contributed by atoms with van der Waals surface area (Å²) in [6.07, 6.45) is 3.89. The number of rotatable bonds is 4. The number of aryl methyl sites for hydroxylation is 1. The van der Waals surface area contributed by atoms with Crippen LogP contribution in [-0.2, 0) is 17.6 Å². The van der Waals surface area contributed by atoms with E-state index in [1.54, 1.807) is 0 Å². The molecule has 1 heterocycles. The van der Waals surface area contributed by atoms with Gasteiger partial charge >= 0.3 is 0 Å². The van der Waals surface area contributed by atoms with Crippen LogP contribution in [-0.4, -0.2) is 12.5 Å². The number of amides is 1. The lowest BCUT2D eigenvalue weighted by Crippen LogP contribution is -2.20. The number of anilines is 1. The molecule has 1 aliphatic carbocycles. The molecule has 3 rings (SSSR count). The molecule has 0 radical (unpaired) electrons. The minimum absolute atomic E-state index is 0.197. The Morgan fingerprint density at radius 2 is 2.12 bits per heavy atom. The van der Waals surface area contributed by atoms with Crippen molar-refractivity contribution in [1.29, 1.82) is 5.26 Å². The molecular weight excluding hydrogens is 334 g/mol. The van der Waals surface area contributed by atoms with Gasteiger partial charge in [0.15, 0.2) is 18.2 Å². The third kappa shape index (κ3) is 3.39. The second kappa shape index (κ2) is 6.97. The average Bonchev–Trinajstić information content (AvgIpc) is 2.90. The molecule has 24 heavy (non-hydrogen) atoms. The first-order valence-electron chi connectivity index (χ1n) is 7.51. The van der Waals surface area contributed by atoms with E-state index in [0.29, 0.717) is 16.6 Å². The van der Waals surface area contributed by atoms with Gasteiger partial charge in [0, 0.05) is 10.9 Å². The number of carbonyl (C=O) groups is 1. The number of carbonyl (C=O) groups excluding carboxylic acids is 1. The van der Waals surface area contributed by atoms with Gasteiger partial charge in [-0.05, 0) is 43.4 Å². The topological polar surface area (TPSA) is 62.1 Å². The molecule has 1 N–H and O–H groups in total. The predicted octanol–water partition coefficient (Wildman–Crippen LogP) is 3.79. The molecule has 7 heteroatoms. The molecule has 0 unspecified atom stereocenters. The zero-order valence-corrected chi connectivity index (χ0v) is 13.5. The molecule has 0 spiro atoms. The fourth-order valence-electron chi connectivity index (χ4n) is 2.67. The van der Waals surface area contributed by atoms with Crippen molar-refractivity contribution in [3.63, 3.8) is 0 Å². The van der Waals surface area contributed by atoms with Gasteiger partial charge < -0.3 is 10.1 Å². The van der Waals surface area contributed by atoms with Crippen molar-refractivity contribution in [3.05, 3.63) is 45.8 Å². The van der Waals surface area contributed by atoms with Crippen LogP contribution in [0.2, 0.25) is 0 Å². The highest BCUT2D eigenvalue weighted by Crippen LogP contribution is 2.37. The standard InChI is InChI=1S/C17H14F2N2O2S/c18-10-5-6-14(13(19)7-10)23-9-16(22)21-17-12(8-20)11-3-1-2-4-15(11)24-17/h5-7H,1-4,9H2,(H,21,22). The third-order valence-corrected chi connectivity index (χ3v) is 5.00. The molecule has 4 nitrogen and oxygen atoms in total. The Morgan fingerprint density at radius 1 is 1.33 bits per heavy atom. The van der Waals surface area contributed by atoms with Crippen LogP contribution < -0.4 is 10.1 Å². The number of hydrogen-bond acceptors (Lipinski definition) is 4. The van der Waals surface area contributed by atoms with Crippen molar-refractivity contribution in [2.75, 3.05) is 11.9 Å². The molecule has 124 valence electrons. The van der Waals surface area contributed by atoms with E-state index in [1.165, 1.54) is 11.3 Å². The van der Waals surface area contributed by atoms with E-state index in [-0.39, 0.29) is 5.75 Å². The smallest absolute Gasteiger partial charge is 0.262 e. The van der Waals surface area contributed by atoms with Crippen LogP contribution in [0.4, 0.5) is 13.8 Å². The van der Waals surface area contributed by atoms with E-state index in [9.17, 15) is 18.8 Å². The molecule has 1 aliphatic rings. The van der Waals surface area contributed by atoms with E-state index >= 15 is 0 Å². The highest BCUT2D eigenvalue weighted by Gasteiger charge is 2.22. The Hall–Kier alpha value is -2.46. The number of halogens is 2. The van der Waals surface area contributed by atoms with Gasteiger partial charge in [-0.25, -0.2) is 8.78 Å². The second-order valence-electron chi connectivity index (χ2n) is 5.44. The average molecular weight is 348 g/mol. The summed E-state index contributed by atoms with van der Waals surface area (Å²) in [5.74, 6) is -2.27. The molecule has 0 fully saturated rings. The van der Waals surface area contributed by atoms with Crippen LogP contribution >= 0.6 is 11.3 Å². The number of thiophene rings is 1. The first kappa shape index (κ1) is 16.4. The predicted molar refractivity (Wildman–Crippen MR) is 86.2 cm³/mol. The molecular formula is C17H14F2N2O2S. The Bertz CT molecular complexity index is 827. The maximum absolute atomic E-state index is 13.5. The Morgan fingerprint density at radius 3 is 2.88 bits per heavy atom. The highest BCUT2D eigenvalue weighted by atomic mass is 32.1. The summed E-state index contributed by atoms with van der Waals surface area (Å²) in [5.41, 5.74) is 1.53. The van der Waals surface area contributed by atoms with Crippen LogP contribution in [0.15, 0.2) is 18.2 Å². The van der Waals surface area contributed by atoms with Gasteiger partial charge in [-0.2, -0.15) is 5.26 Å². The Balaban J connectivity index is 1.67. The largest absolute Gasteiger partial charge is 0.481 e. The molecule has 0 aliphatic heterocycles. The first-order chi connectivity index (χ1) is 11.6. The Labute approximate surface area is 141 Å². The fraction of sp³-hybridized carbons (Fsp3) is 0.294. The van der Waals surface area contributed by atoms with Gasteiger partial charge in [0.2, 0.25) is 0 Å². The first-order valence-corrected chi connectivity index (χ1v) is 8.32. The highest BCUT2D eigenvalue weighted by molar-refractivity contribution is 7.16. The molecule has 0 atom stereocenters. The summed E-state index contributed by atoms with van der Waals surface area (Å²) in [6.45, 7) is -0.421. The number of fused-ring (bicyclic) bond motifs is 1. The summed E-state index contributed by atoms with van der Waals surface area (Å²) >= 11 is 1.41. The number of nitrogens with one attached hydrogen (secondary N) is 1. The van der Waals surface area contributed by atoms with Gasteiger partial charge in [0.1, 0.15) is 16.9 Å². The number of nitriles is 1. The fourth-order valence-corrected chi connectivity index (χ4v) is 3.93. The zero-order chi connectivity index (χ0) is 17.1. The van der Waals surface area contributed by atoms with Crippen molar-refractivity contribution in [2.45, 2.75) is 25.7 Å². The quantitative estimate of drug-likeness (QED) is 0.914. The van der Waals surface area contributed by atoms with E-state index in [1.807, 2.05) is 0 Å². The van der Waals surface area contributed by atoms with Crippen LogP contribution in [0.1, 0.15) is 28.8 Å². The monoisotopic (exact) mass is 348 g/mol. The van der Waals surface area contributed by atoms with Gasteiger partial charge in [-0.3, -0.25) is 4.79 Å². The maximum Gasteiger partial charge on any atom is 0.262 e. The van der Waals surface area contributed by atoms with E-state index in [0.717, 1.165) is 48.3 Å². The summed E-state index contributed by atoms with van der Waals surface area (Å²) in [4.78, 5) is 13.1. The van der Waals surface area contributed by atoms with Crippen molar-refractivity contribution in [1.82, 2.24) is 0 Å². The zero-order valence-electron chi connectivity index (χ0n) is 12.7. The van der Waals surface area contributed by atoms with Gasteiger partial charge in [0.25, 0.3) is 5.91 Å². The molecule has 0 bridgehead atoms. The third-order valence-electron chi connectivity index (χ3n) is 3.79. The number of benzene rings is 1. The molecule has 0 saturated carbocycles. The van der Waals surface area contributed by atoms with Crippen molar-refractivity contribution in [2.24, 2.45) is 0 Å².